The van der Waals surface area contributed by atoms with Crippen LogP contribution in [0.2, 0.25) is 0 Å². The van der Waals surface area contributed by atoms with Crippen LogP contribution in [0.25, 0.3) is 11.1 Å². The number of pyridine rings is 1. The van der Waals surface area contributed by atoms with Gasteiger partial charge in [-0.3, -0.25) is 9.78 Å². The first-order valence-corrected chi connectivity index (χ1v) is 4.79. The van der Waals surface area contributed by atoms with E-state index in [-0.39, 0.29) is 5.78 Å². The average molecular weight is 197 g/mol. The van der Waals surface area contributed by atoms with Crippen molar-refractivity contribution in [2.75, 3.05) is 0 Å². The molecule has 2 rings (SSSR count). The van der Waals surface area contributed by atoms with Crippen LogP contribution >= 0.6 is 0 Å². The van der Waals surface area contributed by atoms with Gasteiger partial charge in [-0.1, -0.05) is 30.3 Å². The minimum atomic E-state index is 0.0419. The molecule has 0 amide bonds. The second kappa shape index (κ2) is 4.05. The first kappa shape index (κ1) is 9.59. The molecule has 0 bridgehead atoms. The van der Waals surface area contributed by atoms with Crippen molar-refractivity contribution in [2.24, 2.45) is 0 Å². The Morgan fingerprint density at radius 2 is 1.80 bits per heavy atom. The Hall–Kier alpha value is -1.96. The number of hydrogen-bond donors (Lipinski definition) is 0. The van der Waals surface area contributed by atoms with Gasteiger partial charge >= 0.3 is 0 Å². The van der Waals surface area contributed by atoms with Crippen LogP contribution in [0.5, 0.6) is 0 Å². The summed E-state index contributed by atoms with van der Waals surface area (Å²) in [4.78, 5) is 15.3. The Morgan fingerprint density at radius 1 is 1.07 bits per heavy atom. The second-order valence-electron chi connectivity index (χ2n) is 3.38. The molecule has 1 heterocycles. The highest BCUT2D eigenvalue weighted by Gasteiger charge is 2.02. The molecular weight excluding hydrogens is 186 g/mol. The third-order valence-electron chi connectivity index (χ3n) is 2.25. The fraction of sp³-hybridized carbons (Fsp3) is 0.0769. The van der Waals surface area contributed by atoms with Crippen molar-refractivity contribution in [3.63, 3.8) is 0 Å². The third-order valence-corrected chi connectivity index (χ3v) is 2.25. The Labute approximate surface area is 88.6 Å². The third kappa shape index (κ3) is 2.10. The minimum Gasteiger partial charge on any atom is -0.294 e. The molecule has 0 aliphatic rings. The smallest absolute Gasteiger partial charge is 0.161 e. The number of nitrogens with zero attached hydrogens (tertiary/aromatic N) is 1. The van der Waals surface area contributed by atoms with Crippen molar-refractivity contribution in [3.05, 3.63) is 54.4 Å². The Morgan fingerprint density at radius 3 is 2.47 bits per heavy atom. The first-order valence-electron chi connectivity index (χ1n) is 4.79. The van der Waals surface area contributed by atoms with E-state index in [0.29, 0.717) is 5.56 Å². The number of rotatable bonds is 2. The quantitative estimate of drug-likeness (QED) is 0.693. The highest BCUT2D eigenvalue weighted by Crippen LogP contribution is 2.18. The monoisotopic (exact) mass is 197 g/mol. The lowest BCUT2D eigenvalue weighted by Gasteiger charge is -2.01. The summed E-state index contributed by atoms with van der Waals surface area (Å²) in [6, 6.07) is 11.8. The lowest BCUT2D eigenvalue weighted by atomic mass is 10.1. The topological polar surface area (TPSA) is 30.0 Å². The minimum absolute atomic E-state index is 0.0419. The maximum absolute atomic E-state index is 11.2. The molecule has 1 aromatic carbocycles. The normalized spacial score (nSPS) is 9.93. The fourth-order valence-corrected chi connectivity index (χ4v) is 1.42. The maximum atomic E-state index is 11.2. The largest absolute Gasteiger partial charge is 0.294 e. The summed E-state index contributed by atoms with van der Waals surface area (Å²) in [6.45, 7) is 1.55. The number of aromatic nitrogens is 1. The molecule has 0 N–H and O–H groups in total. The van der Waals surface area contributed by atoms with Crippen LogP contribution in [0.1, 0.15) is 17.3 Å². The average Bonchev–Trinajstić information content (AvgIpc) is 2.30. The zero-order chi connectivity index (χ0) is 10.7. The van der Waals surface area contributed by atoms with Gasteiger partial charge in [-0.2, -0.15) is 0 Å². The standard InChI is InChI=1S/C13H11NO/c1-10(15)12-7-13(9-14-8-12)11-5-3-2-4-6-11/h2-9H,1H3. The van der Waals surface area contributed by atoms with E-state index in [1.165, 1.54) is 0 Å². The van der Waals surface area contributed by atoms with Gasteiger partial charge in [-0.05, 0) is 18.6 Å². The zero-order valence-electron chi connectivity index (χ0n) is 8.47. The molecule has 74 valence electrons. The van der Waals surface area contributed by atoms with Crippen molar-refractivity contribution < 1.29 is 4.79 Å². The Balaban J connectivity index is 2.46. The second-order valence-corrected chi connectivity index (χ2v) is 3.38. The molecule has 2 aromatic rings. The molecule has 0 saturated carbocycles. The van der Waals surface area contributed by atoms with Gasteiger partial charge in [0.15, 0.2) is 5.78 Å². The van der Waals surface area contributed by atoms with Crippen LogP contribution in [0.3, 0.4) is 0 Å². The molecule has 2 heteroatoms. The summed E-state index contributed by atoms with van der Waals surface area (Å²) in [6.07, 6.45) is 3.36. The number of ketones is 1. The van der Waals surface area contributed by atoms with Gasteiger partial charge in [0.2, 0.25) is 0 Å². The van der Waals surface area contributed by atoms with E-state index in [0.717, 1.165) is 11.1 Å². The molecule has 0 unspecified atom stereocenters. The van der Waals surface area contributed by atoms with E-state index < -0.39 is 0 Å². The summed E-state index contributed by atoms with van der Waals surface area (Å²) in [5, 5.41) is 0. The van der Waals surface area contributed by atoms with Crippen LogP contribution in [0.4, 0.5) is 0 Å². The number of carbonyl (C=O) groups is 1. The highest BCUT2D eigenvalue weighted by atomic mass is 16.1. The van der Waals surface area contributed by atoms with Crippen molar-refractivity contribution in [3.8, 4) is 11.1 Å². The van der Waals surface area contributed by atoms with Crippen LogP contribution in [-0.4, -0.2) is 10.8 Å². The molecule has 0 atom stereocenters. The number of Topliss-reactive ketones (excluding diaryl/α,β-unsaturated/α-hetero) is 1. The van der Waals surface area contributed by atoms with E-state index in [4.69, 9.17) is 0 Å². The summed E-state index contributed by atoms with van der Waals surface area (Å²) in [5.41, 5.74) is 2.70. The molecule has 0 aliphatic heterocycles. The molecule has 0 radical (unpaired) electrons. The van der Waals surface area contributed by atoms with E-state index in [9.17, 15) is 4.79 Å². The number of benzene rings is 1. The van der Waals surface area contributed by atoms with Crippen molar-refractivity contribution in [1.29, 1.82) is 0 Å². The van der Waals surface area contributed by atoms with Gasteiger partial charge in [0.1, 0.15) is 0 Å². The predicted octanol–water partition coefficient (Wildman–Crippen LogP) is 2.95. The summed E-state index contributed by atoms with van der Waals surface area (Å²) < 4.78 is 0. The van der Waals surface area contributed by atoms with Gasteiger partial charge in [-0.15, -0.1) is 0 Å². The summed E-state index contributed by atoms with van der Waals surface area (Å²) in [5.74, 6) is 0.0419. The van der Waals surface area contributed by atoms with Crippen LogP contribution in [0.15, 0.2) is 48.8 Å². The summed E-state index contributed by atoms with van der Waals surface area (Å²) >= 11 is 0. The SMILES string of the molecule is CC(=O)c1cncc(-c2ccccc2)c1. The molecule has 2 nitrogen and oxygen atoms in total. The van der Waals surface area contributed by atoms with Crippen molar-refractivity contribution in [1.82, 2.24) is 4.98 Å². The summed E-state index contributed by atoms with van der Waals surface area (Å²) in [7, 11) is 0. The van der Waals surface area contributed by atoms with Crippen LogP contribution in [-0.2, 0) is 0 Å². The molecule has 0 saturated heterocycles. The zero-order valence-corrected chi connectivity index (χ0v) is 8.47. The van der Waals surface area contributed by atoms with Gasteiger partial charge in [0.05, 0.1) is 0 Å². The van der Waals surface area contributed by atoms with Gasteiger partial charge < -0.3 is 0 Å². The van der Waals surface area contributed by atoms with Crippen molar-refractivity contribution in [2.45, 2.75) is 6.92 Å². The lowest BCUT2D eigenvalue weighted by Crippen LogP contribution is -1.93. The molecule has 15 heavy (non-hydrogen) atoms. The van der Waals surface area contributed by atoms with Gasteiger partial charge in [0.25, 0.3) is 0 Å². The van der Waals surface area contributed by atoms with Gasteiger partial charge in [-0.25, -0.2) is 0 Å². The van der Waals surface area contributed by atoms with E-state index in [1.54, 1.807) is 19.3 Å². The molecule has 0 spiro atoms. The molecule has 0 aliphatic carbocycles. The predicted molar refractivity (Wildman–Crippen MR) is 59.7 cm³/mol. The Bertz CT molecular complexity index is 477. The first-order chi connectivity index (χ1) is 7.27. The van der Waals surface area contributed by atoms with Gasteiger partial charge in [0, 0.05) is 23.5 Å². The molecule has 0 fully saturated rings. The van der Waals surface area contributed by atoms with Crippen molar-refractivity contribution >= 4 is 5.78 Å². The Kier molecular flexibility index (Phi) is 2.59. The van der Waals surface area contributed by atoms with E-state index in [1.807, 2.05) is 36.4 Å². The number of hydrogen-bond acceptors (Lipinski definition) is 2. The molecular formula is C13H11NO. The molecule has 1 aromatic heterocycles. The highest BCUT2D eigenvalue weighted by molar-refractivity contribution is 5.94. The number of carbonyl (C=O) groups excluding carboxylic acids is 1. The van der Waals surface area contributed by atoms with Crippen LogP contribution in [0, 0.1) is 0 Å². The van der Waals surface area contributed by atoms with E-state index >= 15 is 0 Å². The maximum Gasteiger partial charge on any atom is 0.161 e. The van der Waals surface area contributed by atoms with E-state index in [2.05, 4.69) is 4.98 Å². The van der Waals surface area contributed by atoms with Crippen LogP contribution < -0.4 is 0 Å². The lowest BCUT2D eigenvalue weighted by molar-refractivity contribution is 0.101. The fourth-order valence-electron chi connectivity index (χ4n) is 1.42.